The molecule has 0 aliphatic heterocycles. The van der Waals surface area contributed by atoms with Crippen LogP contribution in [0.25, 0.3) is 0 Å². The van der Waals surface area contributed by atoms with Crippen LogP contribution in [0.15, 0.2) is 12.1 Å². The highest BCUT2D eigenvalue weighted by Crippen LogP contribution is 2.00. The summed E-state index contributed by atoms with van der Waals surface area (Å²) in [5.74, 6) is 0.618. The Balaban J connectivity index is 2.46. The van der Waals surface area contributed by atoms with Crippen LogP contribution in [0.1, 0.15) is 12.1 Å². The van der Waals surface area contributed by atoms with Gasteiger partial charge in [0, 0.05) is 13.2 Å². The SMILES string of the molecule is N#Cc1ccc(NCCCO)nn1. The molecule has 0 unspecified atom stereocenters. The maximum absolute atomic E-state index is 8.51. The van der Waals surface area contributed by atoms with Gasteiger partial charge >= 0.3 is 0 Å². The zero-order valence-corrected chi connectivity index (χ0v) is 7.06. The van der Waals surface area contributed by atoms with Gasteiger partial charge in [0.1, 0.15) is 11.9 Å². The van der Waals surface area contributed by atoms with Crippen LogP contribution >= 0.6 is 0 Å². The van der Waals surface area contributed by atoms with Crippen molar-refractivity contribution in [2.75, 3.05) is 18.5 Å². The molecule has 0 saturated carbocycles. The lowest BCUT2D eigenvalue weighted by atomic mass is 10.4. The predicted octanol–water partition coefficient (Wildman–Crippen LogP) is 0.143. The summed E-state index contributed by atoms with van der Waals surface area (Å²) in [5, 5.41) is 27.3. The first kappa shape index (κ1) is 9.42. The molecule has 0 amide bonds. The van der Waals surface area contributed by atoms with Crippen molar-refractivity contribution >= 4 is 5.82 Å². The zero-order valence-electron chi connectivity index (χ0n) is 7.06. The first-order chi connectivity index (χ1) is 6.36. The average Bonchev–Trinajstić information content (AvgIpc) is 2.19. The van der Waals surface area contributed by atoms with Crippen molar-refractivity contribution in [3.63, 3.8) is 0 Å². The standard InChI is InChI=1S/C8H10N4O/c9-6-7-2-3-8(12-11-7)10-4-1-5-13/h2-3,13H,1,4-5H2,(H,10,12). The lowest BCUT2D eigenvalue weighted by Gasteiger charge is -2.01. The van der Waals surface area contributed by atoms with Gasteiger partial charge in [-0.25, -0.2) is 0 Å². The van der Waals surface area contributed by atoms with Crippen LogP contribution in [0.2, 0.25) is 0 Å². The average molecular weight is 178 g/mol. The van der Waals surface area contributed by atoms with Gasteiger partial charge in [0.15, 0.2) is 5.69 Å². The number of nitriles is 1. The minimum absolute atomic E-state index is 0.150. The van der Waals surface area contributed by atoms with Gasteiger partial charge in [-0.05, 0) is 18.6 Å². The van der Waals surface area contributed by atoms with Crippen LogP contribution in [-0.4, -0.2) is 28.5 Å². The van der Waals surface area contributed by atoms with E-state index in [0.717, 1.165) is 0 Å². The fourth-order valence-corrected chi connectivity index (χ4v) is 0.782. The highest BCUT2D eigenvalue weighted by molar-refractivity contribution is 5.34. The number of nitrogens with one attached hydrogen (secondary N) is 1. The van der Waals surface area contributed by atoms with Gasteiger partial charge in [-0.2, -0.15) is 5.26 Å². The van der Waals surface area contributed by atoms with Gasteiger partial charge in [-0.15, -0.1) is 10.2 Å². The maximum atomic E-state index is 8.51. The molecule has 13 heavy (non-hydrogen) atoms. The predicted molar refractivity (Wildman–Crippen MR) is 46.9 cm³/mol. The Morgan fingerprint density at radius 3 is 2.85 bits per heavy atom. The van der Waals surface area contributed by atoms with E-state index in [2.05, 4.69) is 15.5 Å². The van der Waals surface area contributed by atoms with Crippen molar-refractivity contribution in [3.05, 3.63) is 17.8 Å². The molecule has 0 aliphatic rings. The quantitative estimate of drug-likeness (QED) is 0.641. The second-order valence-electron chi connectivity index (χ2n) is 2.42. The first-order valence-corrected chi connectivity index (χ1v) is 3.95. The van der Waals surface area contributed by atoms with E-state index in [1.165, 1.54) is 0 Å². The number of nitrogens with zero attached hydrogens (tertiary/aromatic N) is 3. The lowest BCUT2D eigenvalue weighted by molar-refractivity contribution is 0.292. The summed E-state index contributed by atoms with van der Waals surface area (Å²) in [6.45, 7) is 0.799. The summed E-state index contributed by atoms with van der Waals surface area (Å²) >= 11 is 0. The van der Waals surface area contributed by atoms with Gasteiger partial charge in [0.05, 0.1) is 0 Å². The number of anilines is 1. The monoisotopic (exact) mass is 178 g/mol. The van der Waals surface area contributed by atoms with Gasteiger partial charge in [0.25, 0.3) is 0 Å². The third-order valence-electron chi connectivity index (χ3n) is 1.42. The topological polar surface area (TPSA) is 81.8 Å². The molecule has 1 aromatic rings. The summed E-state index contributed by atoms with van der Waals surface area (Å²) in [5.41, 5.74) is 0.299. The molecule has 68 valence electrons. The molecule has 1 heterocycles. The molecule has 0 aromatic carbocycles. The molecule has 1 rings (SSSR count). The Morgan fingerprint density at radius 2 is 2.31 bits per heavy atom. The molecule has 0 aliphatic carbocycles. The molecule has 2 N–H and O–H groups in total. The molecule has 0 saturated heterocycles. The van der Waals surface area contributed by atoms with Crippen molar-refractivity contribution in [1.29, 1.82) is 5.26 Å². The van der Waals surface area contributed by atoms with Crippen LogP contribution in [0.4, 0.5) is 5.82 Å². The third-order valence-corrected chi connectivity index (χ3v) is 1.42. The number of aromatic nitrogens is 2. The van der Waals surface area contributed by atoms with E-state index in [4.69, 9.17) is 10.4 Å². The molecule has 0 bridgehead atoms. The molecular weight excluding hydrogens is 168 g/mol. The van der Waals surface area contributed by atoms with E-state index in [-0.39, 0.29) is 6.61 Å². The van der Waals surface area contributed by atoms with E-state index in [1.807, 2.05) is 6.07 Å². The van der Waals surface area contributed by atoms with E-state index >= 15 is 0 Å². The smallest absolute Gasteiger partial charge is 0.163 e. The summed E-state index contributed by atoms with van der Waals surface area (Å²) in [4.78, 5) is 0. The molecule has 0 radical (unpaired) electrons. The molecule has 5 heteroatoms. The number of hydrogen-bond donors (Lipinski definition) is 2. The fraction of sp³-hybridized carbons (Fsp3) is 0.375. The first-order valence-electron chi connectivity index (χ1n) is 3.95. The van der Waals surface area contributed by atoms with Gasteiger partial charge in [-0.1, -0.05) is 0 Å². The molecule has 0 spiro atoms. The van der Waals surface area contributed by atoms with Crippen LogP contribution in [0.5, 0.6) is 0 Å². The molecular formula is C8H10N4O. The van der Waals surface area contributed by atoms with Crippen molar-refractivity contribution in [3.8, 4) is 6.07 Å². The second kappa shape index (κ2) is 5.06. The normalized spacial score (nSPS) is 9.23. The summed E-state index contributed by atoms with van der Waals surface area (Å²) in [7, 11) is 0. The number of hydrogen-bond acceptors (Lipinski definition) is 5. The zero-order chi connectivity index (χ0) is 9.52. The number of aliphatic hydroxyl groups is 1. The van der Waals surface area contributed by atoms with Crippen LogP contribution in [0.3, 0.4) is 0 Å². The minimum Gasteiger partial charge on any atom is -0.396 e. The van der Waals surface area contributed by atoms with Crippen molar-refractivity contribution in [1.82, 2.24) is 10.2 Å². The van der Waals surface area contributed by atoms with Gasteiger partial charge in [-0.3, -0.25) is 0 Å². The van der Waals surface area contributed by atoms with Crippen molar-refractivity contribution in [2.24, 2.45) is 0 Å². The van der Waals surface area contributed by atoms with Gasteiger partial charge < -0.3 is 10.4 Å². The van der Waals surface area contributed by atoms with Crippen LogP contribution in [0, 0.1) is 11.3 Å². The third kappa shape index (κ3) is 3.05. The molecule has 5 nitrogen and oxygen atoms in total. The largest absolute Gasteiger partial charge is 0.396 e. The van der Waals surface area contributed by atoms with E-state index < -0.39 is 0 Å². The van der Waals surface area contributed by atoms with E-state index in [9.17, 15) is 0 Å². The summed E-state index contributed by atoms with van der Waals surface area (Å²) in [6, 6.07) is 5.16. The lowest BCUT2D eigenvalue weighted by Crippen LogP contribution is -2.05. The van der Waals surface area contributed by atoms with E-state index in [1.54, 1.807) is 12.1 Å². The second-order valence-corrected chi connectivity index (χ2v) is 2.42. The fourth-order valence-electron chi connectivity index (χ4n) is 0.782. The number of aliphatic hydroxyl groups excluding tert-OH is 1. The van der Waals surface area contributed by atoms with Crippen molar-refractivity contribution in [2.45, 2.75) is 6.42 Å². The Morgan fingerprint density at radius 1 is 1.46 bits per heavy atom. The highest BCUT2D eigenvalue weighted by Gasteiger charge is 1.94. The molecule has 0 atom stereocenters. The maximum Gasteiger partial charge on any atom is 0.163 e. The van der Waals surface area contributed by atoms with E-state index in [0.29, 0.717) is 24.5 Å². The molecule has 0 fully saturated rings. The highest BCUT2D eigenvalue weighted by atomic mass is 16.3. The Hall–Kier alpha value is -1.67. The number of rotatable bonds is 4. The minimum atomic E-state index is 0.150. The van der Waals surface area contributed by atoms with Crippen LogP contribution < -0.4 is 5.32 Å². The Bertz CT molecular complexity index is 290. The Labute approximate surface area is 76.0 Å². The van der Waals surface area contributed by atoms with Crippen molar-refractivity contribution < 1.29 is 5.11 Å². The Kier molecular flexibility index (Phi) is 3.67. The molecule has 1 aromatic heterocycles. The van der Waals surface area contributed by atoms with Crippen LogP contribution in [-0.2, 0) is 0 Å². The van der Waals surface area contributed by atoms with Gasteiger partial charge in [0.2, 0.25) is 0 Å². The summed E-state index contributed by atoms with van der Waals surface area (Å²) in [6.07, 6.45) is 0.668. The summed E-state index contributed by atoms with van der Waals surface area (Å²) < 4.78 is 0.